The van der Waals surface area contributed by atoms with Gasteiger partial charge in [0.25, 0.3) is 0 Å². The highest BCUT2D eigenvalue weighted by Gasteiger charge is 2.44. The van der Waals surface area contributed by atoms with E-state index in [9.17, 15) is 0 Å². The van der Waals surface area contributed by atoms with E-state index in [1.165, 1.54) is 27.9 Å². The Kier molecular flexibility index (Phi) is 20.3. The molecule has 0 fully saturated rings. The summed E-state index contributed by atoms with van der Waals surface area (Å²) in [7, 11) is 1.96. The molecular weight excluding hydrogens is 520 g/mol. The van der Waals surface area contributed by atoms with Crippen LogP contribution in [0.4, 0.5) is 0 Å². The van der Waals surface area contributed by atoms with Crippen LogP contribution in [0.25, 0.3) is 5.57 Å². The highest BCUT2D eigenvalue weighted by molar-refractivity contribution is 5.78. The summed E-state index contributed by atoms with van der Waals surface area (Å²) in [6.07, 6.45) is 21.7. The summed E-state index contributed by atoms with van der Waals surface area (Å²) < 4.78 is 0. The van der Waals surface area contributed by atoms with Crippen molar-refractivity contribution < 1.29 is 0 Å². The minimum absolute atomic E-state index is 0.123. The molecule has 0 aromatic heterocycles. The fraction of sp³-hybridized carbons (Fsp3) is 0.415. The molecule has 1 aromatic rings. The molecule has 2 nitrogen and oxygen atoms in total. The van der Waals surface area contributed by atoms with E-state index in [0.717, 1.165) is 37.0 Å². The molecule has 2 heteroatoms. The minimum atomic E-state index is -0.240. The number of nitrogens with one attached hydrogen (secondary N) is 2. The zero-order valence-electron chi connectivity index (χ0n) is 29.0. The molecule has 2 N–H and O–H groups in total. The molecule has 0 heterocycles. The normalized spacial score (nSPS) is 15.4. The van der Waals surface area contributed by atoms with Crippen molar-refractivity contribution in [2.24, 2.45) is 17.3 Å². The molecule has 236 valence electrons. The summed E-state index contributed by atoms with van der Waals surface area (Å²) in [5, 5.41) is 6.63. The third-order valence-electron chi connectivity index (χ3n) is 7.79. The average molecular weight is 583 g/mol. The SMILES string of the molecule is C=CCNC(=C)C(=C)C(CC=C)C(C=CC)(C1=CCCC=C1C/C=C(C)\C(=C/NC)c1ccccc1)C(C)C.CC.CC. The molecule has 2 rings (SSSR count). The lowest BCUT2D eigenvalue weighted by Gasteiger charge is -2.47. The molecule has 0 bridgehead atoms. The molecule has 0 spiro atoms. The van der Waals surface area contributed by atoms with Crippen LogP contribution in [0.15, 0.2) is 133 Å². The number of hydrogen-bond donors (Lipinski definition) is 2. The van der Waals surface area contributed by atoms with E-state index in [1.807, 2.05) is 46.9 Å². The van der Waals surface area contributed by atoms with Crippen molar-refractivity contribution in [1.82, 2.24) is 10.6 Å². The van der Waals surface area contributed by atoms with Crippen molar-refractivity contribution in [2.45, 2.75) is 81.1 Å². The van der Waals surface area contributed by atoms with E-state index in [4.69, 9.17) is 0 Å². The van der Waals surface area contributed by atoms with Crippen molar-refractivity contribution in [2.75, 3.05) is 13.6 Å². The van der Waals surface area contributed by atoms with Crippen LogP contribution in [0.3, 0.4) is 0 Å². The van der Waals surface area contributed by atoms with Crippen LogP contribution in [0.1, 0.15) is 86.6 Å². The Bertz CT molecular complexity index is 1150. The van der Waals surface area contributed by atoms with Crippen LogP contribution >= 0.6 is 0 Å². The van der Waals surface area contributed by atoms with E-state index in [1.54, 1.807) is 0 Å². The Hall–Kier alpha value is -3.52. The molecule has 0 saturated heterocycles. The molecule has 0 radical (unpaired) electrons. The van der Waals surface area contributed by atoms with Gasteiger partial charge in [-0.1, -0.05) is 128 Å². The fourth-order valence-corrected chi connectivity index (χ4v) is 5.82. The van der Waals surface area contributed by atoms with Gasteiger partial charge < -0.3 is 10.6 Å². The van der Waals surface area contributed by atoms with E-state index in [2.05, 4.69) is 132 Å². The van der Waals surface area contributed by atoms with Crippen LogP contribution in [-0.4, -0.2) is 13.6 Å². The Morgan fingerprint density at radius 3 is 2.14 bits per heavy atom. The van der Waals surface area contributed by atoms with Gasteiger partial charge in [0.1, 0.15) is 0 Å². The van der Waals surface area contributed by atoms with Gasteiger partial charge in [0.05, 0.1) is 0 Å². The first-order valence-corrected chi connectivity index (χ1v) is 16.3. The Balaban J connectivity index is 0.00000422. The van der Waals surface area contributed by atoms with Gasteiger partial charge in [0.2, 0.25) is 0 Å². The van der Waals surface area contributed by atoms with Crippen molar-refractivity contribution in [1.29, 1.82) is 0 Å². The second kappa shape index (κ2) is 22.1. The van der Waals surface area contributed by atoms with Crippen molar-refractivity contribution in [3.63, 3.8) is 0 Å². The van der Waals surface area contributed by atoms with Gasteiger partial charge in [-0.05, 0) is 78.9 Å². The molecule has 1 aromatic carbocycles. The Morgan fingerprint density at radius 1 is 0.977 bits per heavy atom. The van der Waals surface area contributed by atoms with Crippen LogP contribution < -0.4 is 10.6 Å². The number of rotatable bonds is 16. The van der Waals surface area contributed by atoms with Gasteiger partial charge in [-0.2, -0.15) is 0 Å². The first-order chi connectivity index (χ1) is 20.8. The van der Waals surface area contributed by atoms with Crippen LogP contribution in [0.2, 0.25) is 0 Å². The monoisotopic (exact) mass is 582 g/mol. The second-order valence-corrected chi connectivity index (χ2v) is 10.6. The van der Waals surface area contributed by atoms with Gasteiger partial charge in [-0.3, -0.25) is 0 Å². The standard InChI is InChI=1S/C37H50N2.2C2H6/c1-10-18-35(30(7)31(8)39-26-12-3)37(25-11-2,28(4)5)36-22-17-16-21-33(36)24-23-29(6)34(27-38-9)32-19-14-13-15-20-32;2*1-2/h10-15,19-23,25,27-28,35,38-39H,1,3,7-8,16-18,24,26H2,2,4-6,9H3;2*1-2H3/b25-11?,29-23-,34-27+;;. The molecular formula is C41H62N2. The number of benzene rings is 1. The quantitative estimate of drug-likeness (QED) is 0.150. The zero-order chi connectivity index (χ0) is 32.8. The summed E-state index contributed by atoms with van der Waals surface area (Å²) in [4.78, 5) is 0. The summed E-state index contributed by atoms with van der Waals surface area (Å²) in [5.41, 5.74) is 8.17. The van der Waals surface area contributed by atoms with Gasteiger partial charge >= 0.3 is 0 Å². The van der Waals surface area contributed by atoms with Crippen LogP contribution in [-0.2, 0) is 0 Å². The Morgan fingerprint density at radius 2 is 1.60 bits per heavy atom. The third-order valence-corrected chi connectivity index (χ3v) is 7.79. The summed E-state index contributed by atoms with van der Waals surface area (Å²) in [6, 6.07) is 10.6. The first-order valence-electron chi connectivity index (χ1n) is 16.3. The number of allylic oxidation sites excluding steroid dienone is 11. The van der Waals surface area contributed by atoms with Crippen LogP contribution in [0, 0.1) is 17.3 Å². The maximum atomic E-state index is 4.58. The lowest BCUT2D eigenvalue weighted by Crippen LogP contribution is -2.39. The predicted molar refractivity (Wildman–Crippen MR) is 197 cm³/mol. The molecule has 0 amide bonds. The summed E-state index contributed by atoms with van der Waals surface area (Å²) >= 11 is 0. The highest BCUT2D eigenvalue weighted by Crippen LogP contribution is 2.53. The van der Waals surface area contributed by atoms with Crippen molar-refractivity contribution in [3.8, 4) is 0 Å². The van der Waals surface area contributed by atoms with Crippen LogP contribution in [0.5, 0.6) is 0 Å². The molecule has 0 saturated carbocycles. The lowest BCUT2D eigenvalue weighted by atomic mass is 9.57. The molecule has 1 aliphatic rings. The summed E-state index contributed by atoms with van der Waals surface area (Å²) in [6.45, 7) is 34.6. The highest BCUT2D eigenvalue weighted by atomic mass is 14.9. The van der Waals surface area contributed by atoms with Gasteiger partial charge in [-0.15, -0.1) is 13.2 Å². The predicted octanol–water partition coefficient (Wildman–Crippen LogP) is 11.5. The van der Waals surface area contributed by atoms with E-state index >= 15 is 0 Å². The minimum Gasteiger partial charge on any atom is -0.393 e. The number of hydrogen-bond acceptors (Lipinski definition) is 2. The molecule has 2 unspecified atom stereocenters. The smallest absolute Gasteiger partial charge is 0.0328 e. The summed E-state index contributed by atoms with van der Waals surface area (Å²) in [5.74, 6) is 0.461. The zero-order valence-corrected chi connectivity index (χ0v) is 29.0. The van der Waals surface area contributed by atoms with E-state index in [-0.39, 0.29) is 11.3 Å². The van der Waals surface area contributed by atoms with Gasteiger partial charge in [-0.25, -0.2) is 0 Å². The molecule has 2 atom stereocenters. The van der Waals surface area contributed by atoms with Crippen molar-refractivity contribution >= 4 is 5.57 Å². The van der Waals surface area contributed by atoms with Gasteiger partial charge in [0, 0.05) is 36.8 Å². The topological polar surface area (TPSA) is 24.1 Å². The Labute approximate surface area is 266 Å². The third kappa shape index (κ3) is 10.9. The van der Waals surface area contributed by atoms with Crippen molar-refractivity contribution in [3.05, 3.63) is 139 Å². The molecule has 0 aliphatic heterocycles. The largest absolute Gasteiger partial charge is 0.393 e. The molecule has 1 aliphatic carbocycles. The maximum absolute atomic E-state index is 4.58. The first kappa shape index (κ1) is 39.5. The van der Waals surface area contributed by atoms with E-state index in [0.29, 0.717) is 12.5 Å². The average Bonchev–Trinajstić information content (AvgIpc) is 3.05. The van der Waals surface area contributed by atoms with Gasteiger partial charge in [0.15, 0.2) is 0 Å². The fourth-order valence-electron chi connectivity index (χ4n) is 5.82. The maximum Gasteiger partial charge on any atom is 0.0328 e. The second-order valence-electron chi connectivity index (χ2n) is 10.6. The molecule has 43 heavy (non-hydrogen) atoms. The van der Waals surface area contributed by atoms with E-state index < -0.39 is 0 Å². The lowest BCUT2D eigenvalue weighted by molar-refractivity contribution is 0.231.